The number of benzene rings is 1. The Morgan fingerprint density at radius 2 is 1.67 bits per heavy atom. The lowest BCUT2D eigenvalue weighted by Crippen LogP contribution is -2.55. The van der Waals surface area contributed by atoms with Crippen molar-refractivity contribution in [3.05, 3.63) is 29.8 Å². The number of aromatic hydroxyl groups is 1. The van der Waals surface area contributed by atoms with Crippen molar-refractivity contribution in [2.45, 2.75) is 30.5 Å². The molecule has 1 aromatic carbocycles. The molecule has 2 rings (SSSR count). The first-order chi connectivity index (χ1) is 8.56. The summed E-state index contributed by atoms with van der Waals surface area (Å²) in [6.07, 6.45) is -6.20. The first-order valence-electron chi connectivity index (χ1n) is 5.64. The summed E-state index contributed by atoms with van der Waals surface area (Å²) < 4.78 is 5.33. The van der Waals surface area contributed by atoms with Crippen LogP contribution in [0, 0.1) is 0 Å². The van der Waals surface area contributed by atoms with Crippen molar-refractivity contribution in [3.63, 3.8) is 0 Å². The molecule has 6 heteroatoms. The van der Waals surface area contributed by atoms with Gasteiger partial charge < -0.3 is 30.3 Å². The Kier molecular flexibility index (Phi) is 3.84. The average Bonchev–Trinajstić information content (AvgIpc) is 2.38. The number of aliphatic hydroxyl groups excluding tert-OH is 4. The number of rotatable bonds is 2. The van der Waals surface area contributed by atoms with Crippen LogP contribution < -0.4 is 0 Å². The van der Waals surface area contributed by atoms with Gasteiger partial charge in [0, 0.05) is 5.56 Å². The molecule has 0 amide bonds. The van der Waals surface area contributed by atoms with Crippen LogP contribution >= 0.6 is 0 Å². The highest BCUT2D eigenvalue weighted by molar-refractivity contribution is 5.35. The molecule has 1 aliphatic heterocycles. The summed E-state index contributed by atoms with van der Waals surface area (Å²) in [5.41, 5.74) is 0.300. The first kappa shape index (κ1) is 13.3. The maximum Gasteiger partial charge on any atom is 0.121 e. The van der Waals surface area contributed by atoms with Crippen molar-refractivity contribution >= 4 is 0 Å². The van der Waals surface area contributed by atoms with Gasteiger partial charge in [-0.25, -0.2) is 0 Å². The topological polar surface area (TPSA) is 110 Å². The number of ether oxygens (including phenoxy) is 1. The van der Waals surface area contributed by atoms with Crippen LogP contribution in [0.4, 0.5) is 0 Å². The van der Waals surface area contributed by atoms with E-state index >= 15 is 0 Å². The van der Waals surface area contributed by atoms with E-state index in [0.717, 1.165) is 0 Å². The van der Waals surface area contributed by atoms with Crippen LogP contribution in [0.25, 0.3) is 0 Å². The Labute approximate surface area is 104 Å². The van der Waals surface area contributed by atoms with Gasteiger partial charge in [0.15, 0.2) is 0 Å². The van der Waals surface area contributed by atoms with Crippen LogP contribution in [0.3, 0.4) is 0 Å². The van der Waals surface area contributed by atoms with E-state index in [4.69, 9.17) is 9.84 Å². The quantitative estimate of drug-likeness (QED) is 0.460. The number of phenols is 1. The molecule has 1 aliphatic rings. The van der Waals surface area contributed by atoms with Crippen LogP contribution in [0.1, 0.15) is 11.7 Å². The molecule has 5 atom stereocenters. The Morgan fingerprint density at radius 1 is 1.00 bits per heavy atom. The molecule has 1 saturated heterocycles. The molecule has 0 unspecified atom stereocenters. The number of hydrogen-bond donors (Lipinski definition) is 5. The molecule has 0 radical (unpaired) electrons. The summed E-state index contributed by atoms with van der Waals surface area (Å²) in [5, 5.41) is 47.9. The van der Waals surface area contributed by atoms with Crippen LogP contribution in [0.2, 0.25) is 0 Å². The summed E-state index contributed by atoms with van der Waals surface area (Å²) in [7, 11) is 0. The third kappa shape index (κ3) is 2.21. The predicted molar refractivity (Wildman–Crippen MR) is 60.8 cm³/mol. The van der Waals surface area contributed by atoms with Crippen LogP contribution in [0.5, 0.6) is 5.75 Å². The largest absolute Gasteiger partial charge is 0.508 e. The molecular formula is C12H16O6. The summed E-state index contributed by atoms with van der Waals surface area (Å²) in [4.78, 5) is 0. The second-order valence-corrected chi connectivity index (χ2v) is 4.31. The molecule has 1 aromatic rings. The summed E-state index contributed by atoms with van der Waals surface area (Å²) in [6.45, 7) is -0.491. The second-order valence-electron chi connectivity index (χ2n) is 4.31. The van der Waals surface area contributed by atoms with Crippen molar-refractivity contribution in [3.8, 4) is 5.75 Å². The van der Waals surface area contributed by atoms with E-state index in [9.17, 15) is 20.4 Å². The minimum atomic E-state index is -1.44. The van der Waals surface area contributed by atoms with Gasteiger partial charge in [-0.15, -0.1) is 0 Å². The third-order valence-electron chi connectivity index (χ3n) is 3.14. The van der Waals surface area contributed by atoms with E-state index < -0.39 is 37.1 Å². The van der Waals surface area contributed by atoms with Crippen molar-refractivity contribution in [2.75, 3.05) is 6.61 Å². The van der Waals surface area contributed by atoms with E-state index in [-0.39, 0.29) is 5.75 Å². The molecule has 100 valence electrons. The van der Waals surface area contributed by atoms with Gasteiger partial charge in [0.25, 0.3) is 0 Å². The summed E-state index contributed by atoms with van der Waals surface area (Å²) in [6, 6.07) is 6.23. The fourth-order valence-electron chi connectivity index (χ4n) is 2.09. The minimum absolute atomic E-state index is 0.0816. The second kappa shape index (κ2) is 5.21. The third-order valence-corrected chi connectivity index (χ3v) is 3.14. The van der Waals surface area contributed by atoms with E-state index in [1.165, 1.54) is 6.07 Å². The monoisotopic (exact) mass is 256 g/mol. The zero-order valence-electron chi connectivity index (χ0n) is 9.55. The molecule has 0 aromatic heterocycles. The average molecular weight is 256 g/mol. The fourth-order valence-corrected chi connectivity index (χ4v) is 2.09. The lowest BCUT2D eigenvalue weighted by molar-refractivity contribution is -0.232. The van der Waals surface area contributed by atoms with Gasteiger partial charge in [0.2, 0.25) is 0 Å². The molecule has 0 aliphatic carbocycles. The zero-order valence-corrected chi connectivity index (χ0v) is 9.55. The van der Waals surface area contributed by atoms with Crippen LogP contribution in [0.15, 0.2) is 24.3 Å². The van der Waals surface area contributed by atoms with Gasteiger partial charge in [-0.05, 0) is 6.07 Å². The molecule has 0 spiro atoms. The van der Waals surface area contributed by atoms with E-state index in [1.54, 1.807) is 18.2 Å². The highest BCUT2D eigenvalue weighted by Gasteiger charge is 2.44. The van der Waals surface area contributed by atoms with Gasteiger partial charge in [-0.1, -0.05) is 18.2 Å². The van der Waals surface area contributed by atoms with Crippen LogP contribution in [-0.2, 0) is 4.74 Å². The number of phenolic OH excluding ortho intramolecular Hbond substituents is 1. The normalized spacial score (nSPS) is 36.6. The maximum atomic E-state index is 9.87. The van der Waals surface area contributed by atoms with Crippen molar-refractivity contribution in [1.82, 2.24) is 0 Å². The van der Waals surface area contributed by atoms with Gasteiger partial charge in [-0.3, -0.25) is 0 Å². The van der Waals surface area contributed by atoms with Gasteiger partial charge in [-0.2, -0.15) is 0 Å². The number of hydrogen-bond acceptors (Lipinski definition) is 6. The van der Waals surface area contributed by atoms with Crippen molar-refractivity contribution < 1.29 is 30.3 Å². The molecule has 5 N–H and O–H groups in total. The molecule has 6 nitrogen and oxygen atoms in total. The van der Waals surface area contributed by atoms with E-state index in [2.05, 4.69) is 0 Å². The Hall–Kier alpha value is -1.18. The van der Waals surface area contributed by atoms with Gasteiger partial charge in [0.05, 0.1) is 6.61 Å². The number of aliphatic hydroxyl groups is 4. The number of para-hydroxylation sites is 1. The Balaban J connectivity index is 2.30. The lowest BCUT2D eigenvalue weighted by Gasteiger charge is -2.40. The summed E-state index contributed by atoms with van der Waals surface area (Å²) in [5.74, 6) is -0.0816. The first-order valence-corrected chi connectivity index (χ1v) is 5.64. The smallest absolute Gasteiger partial charge is 0.121 e. The molecule has 0 saturated carbocycles. The van der Waals surface area contributed by atoms with E-state index in [1.807, 2.05) is 0 Å². The molecular weight excluding hydrogens is 240 g/mol. The Morgan fingerprint density at radius 3 is 2.28 bits per heavy atom. The molecule has 18 heavy (non-hydrogen) atoms. The fraction of sp³-hybridized carbons (Fsp3) is 0.500. The Bertz CT molecular complexity index is 407. The zero-order chi connectivity index (χ0) is 13.3. The maximum absolute atomic E-state index is 9.87. The van der Waals surface area contributed by atoms with Crippen molar-refractivity contribution in [1.29, 1.82) is 0 Å². The highest BCUT2D eigenvalue weighted by atomic mass is 16.5. The molecule has 1 heterocycles. The molecule has 1 fully saturated rings. The van der Waals surface area contributed by atoms with Gasteiger partial charge in [0.1, 0.15) is 36.3 Å². The molecule has 0 bridgehead atoms. The SMILES string of the molecule is OC[C@H]1O[C@@H](c2ccccc2O)[C@H](O)[C@@H](O)[C@H]1O. The van der Waals surface area contributed by atoms with Crippen LogP contribution in [-0.4, -0.2) is 56.6 Å². The lowest BCUT2D eigenvalue weighted by atomic mass is 9.91. The standard InChI is InChI=1S/C12H16O6/c13-5-8-9(15)10(16)11(17)12(18-8)6-3-1-2-4-7(6)14/h1-4,8-17H,5H2/t8-,9+,10+,11-,12+/m1/s1. The highest BCUT2D eigenvalue weighted by Crippen LogP contribution is 2.36. The van der Waals surface area contributed by atoms with E-state index in [0.29, 0.717) is 5.56 Å². The predicted octanol–water partition coefficient (Wildman–Crippen LogP) is -1.09. The summed E-state index contributed by atoms with van der Waals surface area (Å²) >= 11 is 0. The van der Waals surface area contributed by atoms with Crippen molar-refractivity contribution in [2.24, 2.45) is 0 Å². The van der Waals surface area contributed by atoms with Gasteiger partial charge >= 0.3 is 0 Å². The minimum Gasteiger partial charge on any atom is -0.508 e.